The van der Waals surface area contributed by atoms with Crippen LogP contribution in [0.4, 0.5) is 10.1 Å². The van der Waals surface area contributed by atoms with Crippen molar-refractivity contribution in [2.75, 3.05) is 4.72 Å². The molecule has 0 aliphatic rings. The number of hydrogen-bond acceptors (Lipinski definition) is 4. The molecule has 20 heavy (non-hydrogen) atoms. The van der Waals surface area contributed by atoms with Gasteiger partial charge in [0.2, 0.25) is 0 Å². The Bertz CT molecular complexity index is 772. The summed E-state index contributed by atoms with van der Waals surface area (Å²) in [7, 11) is -3.94. The number of carboxylic acids is 1. The van der Waals surface area contributed by atoms with Crippen LogP contribution < -0.4 is 4.72 Å². The Balaban J connectivity index is 2.30. The van der Waals surface area contributed by atoms with Gasteiger partial charge in [-0.1, -0.05) is 11.6 Å². The molecule has 106 valence electrons. The fourth-order valence-electron chi connectivity index (χ4n) is 1.35. The van der Waals surface area contributed by atoms with E-state index in [1.807, 2.05) is 0 Å². The molecule has 0 atom stereocenters. The third kappa shape index (κ3) is 3.09. The largest absolute Gasteiger partial charge is 0.477 e. The van der Waals surface area contributed by atoms with E-state index in [-0.39, 0.29) is 20.5 Å². The van der Waals surface area contributed by atoms with Gasteiger partial charge in [-0.05, 0) is 24.3 Å². The van der Waals surface area contributed by atoms with E-state index >= 15 is 0 Å². The number of sulfonamides is 1. The number of benzene rings is 1. The Labute approximate surface area is 122 Å². The second-order valence-electron chi connectivity index (χ2n) is 3.69. The summed E-state index contributed by atoms with van der Waals surface area (Å²) in [5.74, 6) is -1.88. The molecule has 0 bridgehead atoms. The zero-order valence-electron chi connectivity index (χ0n) is 9.63. The summed E-state index contributed by atoms with van der Waals surface area (Å²) >= 11 is 6.34. The lowest BCUT2D eigenvalue weighted by Crippen LogP contribution is -2.12. The van der Waals surface area contributed by atoms with E-state index in [1.54, 1.807) is 0 Å². The van der Waals surface area contributed by atoms with Gasteiger partial charge in [-0.3, -0.25) is 4.72 Å². The first-order valence-corrected chi connectivity index (χ1v) is 7.83. The second-order valence-corrected chi connectivity index (χ2v) is 6.69. The minimum atomic E-state index is -3.94. The molecule has 1 heterocycles. The molecule has 0 unspecified atom stereocenters. The average Bonchev–Trinajstić information content (AvgIpc) is 2.84. The first-order valence-electron chi connectivity index (χ1n) is 5.09. The van der Waals surface area contributed by atoms with E-state index in [0.717, 1.165) is 29.5 Å². The Morgan fingerprint density at radius 2 is 2.05 bits per heavy atom. The second kappa shape index (κ2) is 5.39. The molecule has 9 heteroatoms. The third-order valence-electron chi connectivity index (χ3n) is 2.27. The van der Waals surface area contributed by atoms with Crippen LogP contribution in [0.15, 0.2) is 34.5 Å². The average molecular weight is 336 g/mol. The molecular formula is C11H7ClFNO4S2. The predicted molar refractivity (Wildman–Crippen MR) is 73.5 cm³/mol. The monoisotopic (exact) mass is 335 g/mol. The lowest BCUT2D eigenvalue weighted by molar-refractivity contribution is 0.0702. The van der Waals surface area contributed by atoms with E-state index in [0.29, 0.717) is 0 Å². The summed E-state index contributed by atoms with van der Waals surface area (Å²) < 4.78 is 39.2. The smallest absolute Gasteiger partial charge is 0.345 e. The standard InChI is InChI=1S/C11H7ClFNO4S2/c12-8-3-6(1-2-9(8)13)14-20(17,18)7-4-10(11(15)16)19-5-7/h1-5,14H,(H,15,16). The van der Waals surface area contributed by atoms with Crippen LogP contribution in [0.2, 0.25) is 5.02 Å². The molecule has 0 amide bonds. The van der Waals surface area contributed by atoms with Crippen LogP contribution in [0.3, 0.4) is 0 Å². The van der Waals surface area contributed by atoms with Crippen molar-refractivity contribution in [1.82, 2.24) is 0 Å². The predicted octanol–water partition coefficient (Wildman–Crippen LogP) is 3.04. The minimum Gasteiger partial charge on any atom is -0.477 e. The SMILES string of the molecule is O=C(O)c1cc(S(=O)(=O)Nc2ccc(F)c(Cl)c2)cs1. The van der Waals surface area contributed by atoms with Crippen molar-refractivity contribution in [2.45, 2.75) is 4.90 Å². The molecule has 0 aliphatic heterocycles. The van der Waals surface area contributed by atoms with Gasteiger partial charge in [0.1, 0.15) is 10.7 Å². The summed E-state index contributed by atoms with van der Waals surface area (Å²) in [6.07, 6.45) is 0. The number of carbonyl (C=O) groups is 1. The van der Waals surface area contributed by atoms with Gasteiger partial charge >= 0.3 is 5.97 Å². The topological polar surface area (TPSA) is 83.5 Å². The van der Waals surface area contributed by atoms with E-state index in [2.05, 4.69) is 4.72 Å². The molecular weight excluding hydrogens is 329 g/mol. The maximum atomic E-state index is 13.0. The quantitative estimate of drug-likeness (QED) is 0.899. The van der Waals surface area contributed by atoms with Gasteiger partial charge in [0.15, 0.2) is 0 Å². The van der Waals surface area contributed by atoms with Gasteiger partial charge in [-0.25, -0.2) is 17.6 Å². The van der Waals surface area contributed by atoms with Crippen LogP contribution in [0.5, 0.6) is 0 Å². The van der Waals surface area contributed by atoms with Crippen LogP contribution in [0, 0.1) is 5.82 Å². The highest BCUT2D eigenvalue weighted by Gasteiger charge is 2.19. The van der Waals surface area contributed by atoms with Gasteiger partial charge in [0.25, 0.3) is 10.0 Å². The highest BCUT2D eigenvalue weighted by atomic mass is 35.5. The van der Waals surface area contributed by atoms with Crippen LogP contribution in [0.1, 0.15) is 9.67 Å². The summed E-state index contributed by atoms with van der Waals surface area (Å²) in [5.41, 5.74) is 0.0828. The van der Waals surface area contributed by atoms with Crippen molar-refractivity contribution in [2.24, 2.45) is 0 Å². The zero-order chi connectivity index (χ0) is 14.9. The summed E-state index contributed by atoms with van der Waals surface area (Å²) in [6, 6.07) is 4.40. The third-order valence-corrected chi connectivity index (χ3v) is 4.99. The van der Waals surface area contributed by atoms with Crippen LogP contribution >= 0.6 is 22.9 Å². The zero-order valence-corrected chi connectivity index (χ0v) is 12.0. The Morgan fingerprint density at radius 1 is 1.35 bits per heavy atom. The number of thiophene rings is 1. The number of hydrogen-bond donors (Lipinski definition) is 2. The molecule has 2 aromatic rings. The summed E-state index contributed by atoms with van der Waals surface area (Å²) in [4.78, 5) is 10.4. The molecule has 0 spiro atoms. The highest BCUT2D eigenvalue weighted by Crippen LogP contribution is 2.24. The van der Waals surface area contributed by atoms with E-state index in [4.69, 9.17) is 16.7 Å². The van der Waals surface area contributed by atoms with Crippen molar-refractivity contribution < 1.29 is 22.7 Å². The van der Waals surface area contributed by atoms with Crippen molar-refractivity contribution in [3.8, 4) is 0 Å². The van der Waals surface area contributed by atoms with Crippen LogP contribution in [0.25, 0.3) is 0 Å². The number of nitrogens with one attached hydrogen (secondary N) is 1. The molecule has 2 rings (SSSR count). The van der Waals surface area contributed by atoms with Crippen molar-refractivity contribution >= 4 is 44.6 Å². The normalized spacial score (nSPS) is 11.3. The molecule has 2 N–H and O–H groups in total. The lowest BCUT2D eigenvalue weighted by atomic mass is 10.3. The first-order chi connectivity index (χ1) is 9.29. The van der Waals surface area contributed by atoms with Crippen molar-refractivity contribution in [1.29, 1.82) is 0 Å². The van der Waals surface area contributed by atoms with Crippen LogP contribution in [-0.2, 0) is 10.0 Å². The number of carboxylic acid groups (broad SMARTS) is 1. The van der Waals surface area contributed by atoms with Crippen molar-refractivity contribution in [3.05, 3.63) is 45.4 Å². The minimum absolute atomic E-state index is 0.0828. The van der Waals surface area contributed by atoms with Gasteiger partial charge < -0.3 is 5.11 Å². The van der Waals surface area contributed by atoms with Crippen LogP contribution in [-0.4, -0.2) is 19.5 Å². The molecule has 0 aliphatic carbocycles. The van der Waals surface area contributed by atoms with Gasteiger partial charge in [0.05, 0.1) is 15.6 Å². The summed E-state index contributed by atoms with van der Waals surface area (Å²) in [6.45, 7) is 0. The number of halogens is 2. The van der Waals surface area contributed by atoms with E-state index in [9.17, 15) is 17.6 Å². The molecule has 1 aromatic carbocycles. The molecule has 1 aromatic heterocycles. The fourth-order valence-corrected chi connectivity index (χ4v) is 3.69. The molecule has 0 saturated heterocycles. The Kier molecular flexibility index (Phi) is 3.98. The highest BCUT2D eigenvalue weighted by molar-refractivity contribution is 7.92. The van der Waals surface area contributed by atoms with Gasteiger partial charge in [-0.2, -0.15) is 0 Å². The molecule has 0 fully saturated rings. The van der Waals surface area contributed by atoms with Gasteiger partial charge in [0, 0.05) is 5.38 Å². The van der Waals surface area contributed by atoms with E-state index in [1.165, 1.54) is 11.4 Å². The Morgan fingerprint density at radius 3 is 2.60 bits per heavy atom. The van der Waals surface area contributed by atoms with E-state index < -0.39 is 21.8 Å². The first kappa shape index (κ1) is 14.8. The Hall–Kier alpha value is -1.64. The maximum absolute atomic E-state index is 13.0. The fraction of sp³-hybridized carbons (Fsp3) is 0. The van der Waals surface area contributed by atoms with Crippen molar-refractivity contribution in [3.63, 3.8) is 0 Å². The molecule has 5 nitrogen and oxygen atoms in total. The molecule has 0 radical (unpaired) electrons. The number of anilines is 1. The van der Waals surface area contributed by atoms with Gasteiger partial charge in [-0.15, -0.1) is 11.3 Å². The number of rotatable bonds is 4. The maximum Gasteiger partial charge on any atom is 0.345 e. The molecule has 0 saturated carbocycles. The summed E-state index contributed by atoms with van der Waals surface area (Å²) in [5, 5.41) is 9.74. The number of aromatic carboxylic acids is 1. The lowest BCUT2D eigenvalue weighted by Gasteiger charge is -2.06.